The van der Waals surface area contributed by atoms with Crippen LogP contribution in [0.2, 0.25) is 0 Å². The second-order valence-electron chi connectivity index (χ2n) is 3.69. The Morgan fingerprint density at radius 3 is 2.43 bits per heavy atom. The number of halogens is 1. The van der Waals surface area contributed by atoms with Gasteiger partial charge in [0.25, 0.3) is 0 Å². The summed E-state index contributed by atoms with van der Waals surface area (Å²) in [4.78, 5) is 13.3. The van der Waals surface area contributed by atoms with E-state index >= 15 is 0 Å². The number of likely N-dealkylation sites (tertiary alicyclic amines) is 1. The molecule has 2 N–H and O–H groups in total. The van der Waals surface area contributed by atoms with Crippen LogP contribution in [0.4, 0.5) is 0 Å². The number of nitrogens with two attached hydrogens (primary N) is 1. The number of allylic oxidation sites excluding steroid dienone is 1. The third-order valence-corrected chi connectivity index (χ3v) is 2.57. The number of hydrogen-bond acceptors (Lipinski definition) is 2. The molecule has 0 aromatic rings. The van der Waals surface area contributed by atoms with Crippen LogP contribution >= 0.6 is 12.4 Å². The molecule has 0 radical (unpaired) electrons. The van der Waals surface area contributed by atoms with Gasteiger partial charge in [-0.05, 0) is 25.7 Å². The summed E-state index contributed by atoms with van der Waals surface area (Å²) in [7, 11) is 0. The van der Waals surface area contributed by atoms with Gasteiger partial charge in [0, 0.05) is 13.1 Å². The van der Waals surface area contributed by atoms with E-state index in [1.807, 2.05) is 11.0 Å². The maximum atomic E-state index is 11.5. The summed E-state index contributed by atoms with van der Waals surface area (Å²) in [5.41, 5.74) is 5.52. The van der Waals surface area contributed by atoms with Crippen molar-refractivity contribution in [1.82, 2.24) is 4.90 Å². The van der Waals surface area contributed by atoms with Gasteiger partial charge in [0.15, 0.2) is 0 Å². The topological polar surface area (TPSA) is 46.3 Å². The van der Waals surface area contributed by atoms with E-state index in [0.717, 1.165) is 25.9 Å². The molecule has 0 saturated carbocycles. The largest absolute Gasteiger partial charge is 0.341 e. The van der Waals surface area contributed by atoms with Gasteiger partial charge in [0.05, 0.1) is 6.04 Å². The van der Waals surface area contributed by atoms with Gasteiger partial charge in [-0.2, -0.15) is 0 Å². The van der Waals surface area contributed by atoms with Gasteiger partial charge >= 0.3 is 0 Å². The minimum absolute atomic E-state index is 0. The van der Waals surface area contributed by atoms with Gasteiger partial charge in [-0.3, -0.25) is 4.79 Å². The molecule has 82 valence electrons. The highest BCUT2D eigenvalue weighted by atomic mass is 35.5. The number of hydrogen-bond donors (Lipinski definition) is 1. The Balaban J connectivity index is 0.00000169. The van der Waals surface area contributed by atoms with Gasteiger partial charge < -0.3 is 10.6 Å². The molecule has 1 aliphatic heterocycles. The fourth-order valence-electron chi connectivity index (χ4n) is 1.64. The van der Waals surface area contributed by atoms with Crippen molar-refractivity contribution in [3.63, 3.8) is 0 Å². The molecule has 1 aliphatic rings. The molecular weight excluding hydrogens is 200 g/mol. The summed E-state index contributed by atoms with van der Waals surface area (Å²) in [6, 6.07) is -0.361. The molecule has 4 heteroatoms. The van der Waals surface area contributed by atoms with Crippen LogP contribution in [0.3, 0.4) is 0 Å². The Hall–Kier alpha value is -0.540. The average molecular weight is 219 g/mol. The maximum Gasteiger partial charge on any atom is 0.239 e. The van der Waals surface area contributed by atoms with E-state index in [4.69, 9.17) is 5.73 Å². The van der Waals surface area contributed by atoms with Crippen molar-refractivity contribution in [3.05, 3.63) is 12.7 Å². The number of piperidine rings is 1. The second kappa shape index (κ2) is 6.04. The first kappa shape index (κ1) is 13.5. The summed E-state index contributed by atoms with van der Waals surface area (Å²) >= 11 is 0. The van der Waals surface area contributed by atoms with Gasteiger partial charge in [0.2, 0.25) is 5.91 Å². The van der Waals surface area contributed by atoms with E-state index in [-0.39, 0.29) is 24.4 Å². The fraction of sp³-hybridized carbons (Fsp3) is 0.700. The lowest BCUT2D eigenvalue weighted by Crippen LogP contribution is -2.45. The maximum absolute atomic E-state index is 11.5. The van der Waals surface area contributed by atoms with Crippen molar-refractivity contribution in [2.75, 3.05) is 13.1 Å². The SMILES string of the molecule is C=CC1CCN(C(=O)C(C)N)CC1.Cl. The molecule has 14 heavy (non-hydrogen) atoms. The smallest absolute Gasteiger partial charge is 0.239 e. The number of rotatable bonds is 2. The Bertz CT molecular complexity index is 198. The normalized spacial score (nSPS) is 19.7. The van der Waals surface area contributed by atoms with Crippen LogP contribution < -0.4 is 5.73 Å². The van der Waals surface area contributed by atoms with Crippen LogP contribution in [0.15, 0.2) is 12.7 Å². The van der Waals surface area contributed by atoms with Crippen LogP contribution in [-0.2, 0) is 4.79 Å². The van der Waals surface area contributed by atoms with Crippen molar-refractivity contribution in [2.24, 2.45) is 11.7 Å². The van der Waals surface area contributed by atoms with Crippen molar-refractivity contribution >= 4 is 18.3 Å². The van der Waals surface area contributed by atoms with Crippen LogP contribution in [0.5, 0.6) is 0 Å². The van der Waals surface area contributed by atoms with E-state index in [2.05, 4.69) is 6.58 Å². The monoisotopic (exact) mass is 218 g/mol. The predicted octanol–water partition coefficient (Wildman–Crippen LogP) is 1.18. The van der Waals surface area contributed by atoms with Crippen LogP contribution in [0, 0.1) is 5.92 Å². The lowest BCUT2D eigenvalue weighted by Gasteiger charge is -2.31. The van der Waals surface area contributed by atoms with Crippen molar-refractivity contribution in [1.29, 1.82) is 0 Å². The number of carbonyl (C=O) groups is 1. The summed E-state index contributed by atoms with van der Waals surface area (Å²) in [6.45, 7) is 7.16. The molecule has 1 atom stereocenters. The first-order valence-electron chi connectivity index (χ1n) is 4.82. The molecule has 1 amide bonds. The van der Waals surface area contributed by atoms with E-state index < -0.39 is 0 Å². The molecule has 0 spiro atoms. The number of nitrogens with zero attached hydrogens (tertiary/aromatic N) is 1. The Morgan fingerprint density at radius 2 is 2.07 bits per heavy atom. The minimum Gasteiger partial charge on any atom is -0.341 e. The Labute approximate surface area is 91.7 Å². The third kappa shape index (κ3) is 3.31. The summed E-state index contributed by atoms with van der Waals surface area (Å²) in [5.74, 6) is 0.652. The standard InChI is InChI=1S/C10H18N2O.ClH/c1-3-9-4-6-12(7-5-9)10(13)8(2)11;/h3,8-9H,1,4-7,11H2,2H3;1H. The van der Waals surface area contributed by atoms with Crippen LogP contribution in [-0.4, -0.2) is 29.9 Å². The highest BCUT2D eigenvalue weighted by molar-refractivity contribution is 5.85. The third-order valence-electron chi connectivity index (χ3n) is 2.57. The average Bonchev–Trinajstić information content (AvgIpc) is 2.17. The van der Waals surface area contributed by atoms with E-state index in [1.54, 1.807) is 6.92 Å². The van der Waals surface area contributed by atoms with Gasteiger partial charge in [0.1, 0.15) is 0 Å². The quantitative estimate of drug-likeness (QED) is 0.708. The molecule has 1 unspecified atom stereocenters. The predicted molar refractivity (Wildman–Crippen MR) is 60.4 cm³/mol. The first-order chi connectivity index (χ1) is 6.15. The van der Waals surface area contributed by atoms with Crippen molar-refractivity contribution in [3.8, 4) is 0 Å². The molecule has 0 aromatic carbocycles. The summed E-state index contributed by atoms with van der Waals surface area (Å²) in [5, 5.41) is 0. The molecule has 3 nitrogen and oxygen atoms in total. The van der Waals surface area contributed by atoms with Crippen LogP contribution in [0.1, 0.15) is 19.8 Å². The van der Waals surface area contributed by atoms with E-state index in [1.165, 1.54) is 0 Å². The lowest BCUT2D eigenvalue weighted by molar-refractivity contribution is -0.133. The molecule has 0 aliphatic carbocycles. The number of amides is 1. The molecule has 0 aromatic heterocycles. The zero-order valence-corrected chi connectivity index (χ0v) is 9.43. The lowest BCUT2D eigenvalue weighted by atomic mass is 9.97. The fourth-order valence-corrected chi connectivity index (χ4v) is 1.64. The Kier molecular flexibility index (Phi) is 5.81. The molecule has 1 saturated heterocycles. The zero-order valence-electron chi connectivity index (χ0n) is 8.61. The summed E-state index contributed by atoms with van der Waals surface area (Å²) in [6.07, 6.45) is 4.04. The van der Waals surface area contributed by atoms with Crippen molar-refractivity contribution < 1.29 is 4.79 Å². The molecule has 0 bridgehead atoms. The van der Waals surface area contributed by atoms with Crippen LogP contribution in [0.25, 0.3) is 0 Å². The number of carbonyl (C=O) groups excluding carboxylic acids is 1. The molecular formula is C10H19ClN2O. The van der Waals surface area contributed by atoms with Crippen molar-refractivity contribution in [2.45, 2.75) is 25.8 Å². The zero-order chi connectivity index (χ0) is 9.84. The first-order valence-corrected chi connectivity index (χ1v) is 4.82. The molecule has 1 fully saturated rings. The highest BCUT2D eigenvalue weighted by Crippen LogP contribution is 2.17. The molecule has 1 rings (SSSR count). The highest BCUT2D eigenvalue weighted by Gasteiger charge is 2.22. The Morgan fingerprint density at radius 1 is 1.57 bits per heavy atom. The van der Waals surface area contributed by atoms with E-state index in [0.29, 0.717) is 5.92 Å². The van der Waals surface area contributed by atoms with Gasteiger partial charge in [-0.25, -0.2) is 0 Å². The summed E-state index contributed by atoms with van der Waals surface area (Å²) < 4.78 is 0. The van der Waals surface area contributed by atoms with Gasteiger partial charge in [-0.15, -0.1) is 19.0 Å². The minimum atomic E-state index is -0.361. The van der Waals surface area contributed by atoms with E-state index in [9.17, 15) is 4.79 Å². The molecule has 1 heterocycles. The van der Waals surface area contributed by atoms with Gasteiger partial charge in [-0.1, -0.05) is 6.08 Å². The second-order valence-corrected chi connectivity index (χ2v) is 3.69.